The van der Waals surface area contributed by atoms with Crippen molar-refractivity contribution >= 4 is 0 Å². The Kier molecular flexibility index (Phi) is 6.14. The van der Waals surface area contributed by atoms with Gasteiger partial charge in [-0.05, 0) is 49.6 Å². The summed E-state index contributed by atoms with van der Waals surface area (Å²) >= 11 is 0. The monoisotopic (exact) mass is 294 g/mol. The van der Waals surface area contributed by atoms with Crippen molar-refractivity contribution < 1.29 is 0 Å². The third-order valence-corrected chi connectivity index (χ3v) is 5.82. The number of nitrogens with one attached hydrogen (secondary N) is 1. The van der Waals surface area contributed by atoms with Gasteiger partial charge in [-0.1, -0.05) is 53.4 Å². The first kappa shape index (κ1) is 17.3. The Labute approximate surface area is 133 Å². The molecule has 0 atom stereocenters. The Hall–Kier alpha value is -0.0800. The molecule has 0 amide bonds. The minimum Gasteiger partial charge on any atom is -0.314 e. The van der Waals surface area contributed by atoms with E-state index in [1.54, 1.807) is 0 Å². The molecule has 2 fully saturated rings. The Balaban J connectivity index is 1.94. The molecule has 0 spiro atoms. The Morgan fingerprint density at radius 1 is 0.905 bits per heavy atom. The zero-order valence-electron chi connectivity index (χ0n) is 15.0. The Morgan fingerprint density at radius 3 is 2.00 bits per heavy atom. The van der Waals surface area contributed by atoms with E-state index < -0.39 is 0 Å². The first-order chi connectivity index (χ1) is 9.91. The molecular formula is C19H38N2. The van der Waals surface area contributed by atoms with E-state index >= 15 is 0 Å². The number of rotatable bonds is 5. The van der Waals surface area contributed by atoms with Crippen LogP contribution in [0.1, 0.15) is 79.1 Å². The van der Waals surface area contributed by atoms with Crippen molar-refractivity contribution in [3.63, 3.8) is 0 Å². The fourth-order valence-corrected chi connectivity index (χ4v) is 4.08. The molecule has 0 radical (unpaired) electrons. The molecule has 1 aliphatic carbocycles. The molecule has 2 nitrogen and oxygen atoms in total. The van der Waals surface area contributed by atoms with Crippen molar-refractivity contribution in [1.82, 2.24) is 10.2 Å². The summed E-state index contributed by atoms with van der Waals surface area (Å²) in [4.78, 5) is 2.78. The summed E-state index contributed by atoms with van der Waals surface area (Å²) < 4.78 is 0. The van der Waals surface area contributed by atoms with Crippen molar-refractivity contribution in [1.29, 1.82) is 0 Å². The molecule has 1 heterocycles. The van der Waals surface area contributed by atoms with Crippen LogP contribution in [0.5, 0.6) is 0 Å². The number of piperidine rings is 1. The van der Waals surface area contributed by atoms with Crippen molar-refractivity contribution in [3.05, 3.63) is 0 Å². The van der Waals surface area contributed by atoms with Crippen molar-refractivity contribution in [2.75, 3.05) is 26.2 Å². The van der Waals surface area contributed by atoms with Crippen LogP contribution in [0.2, 0.25) is 0 Å². The molecule has 1 saturated carbocycles. The van der Waals surface area contributed by atoms with E-state index in [1.807, 2.05) is 0 Å². The summed E-state index contributed by atoms with van der Waals surface area (Å²) in [6, 6.07) is 0.616. The van der Waals surface area contributed by atoms with E-state index in [9.17, 15) is 0 Å². The molecule has 2 rings (SSSR count). The minimum atomic E-state index is 0.544. The highest BCUT2D eigenvalue weighted by Crippen LogP contribution is 2.38. The van der Waals surface area contributed by atoms with Crippen molar-refractivity contribution in [3.8, 4) is 0 Å². The summed E-state index contributed by atoms with van der Waals surface area (Å²) in [5, 5.41) is 3.76. The molecule has 1 N–H and O–H groups in total. The second kappa shape index (κ2) is 7.46. The van der Waals surface area contributed by atoms with Crippen LogP contribution in [-0.2, 0) is 0 Å². The van der Waals surface area contributed by atoms with Gasteiger partial charge >= 0.3 is 0 Å². The fraction of sp³-hybridized carbons (Fsp3) is 1.00. The van der Waals surface area contributed by atoms with E-state index in [1.165, 1.54) is 77.5 Å². The number of nitrogens with zero attached hydrogens (tertiary/aromatic N) is 1. The topological polar surface area (TPSA) is 15.3 Å². The number of hydrogen-bond acceptors (Lipinski definition) is 2. The quantitative estimate of drug-likeness (QED) is 0.754. The highest BCUT2D eigenvalue weighted by molar-refractivity contribution is 4.89. The predicted molar refractivity (Wildman–Crippen MR) is 92.7 cm³/mol. The molecule has 0 bridgehead atoms. The van der Waals surface area contributed by atoms with E-state index in [4.69, 9.17) is 0 Å². The molecule has 0 aromatic carbocycles. The Bertz CT molecular complexity index is 291. The maximum atomic E-state index is 3.76. The average molecular weight is 295 g/mol. The lowest BCUT2D eigenvalue weighted by Crippen LogP contribution is -2.48. The van der Waals surface area contributed by atoms with E-state index in [0.717, 1.165) is 0 Å². The third kappa shape index (κ3) is 5.56. The molecule has 0 aromatic rings. The standard InChI is InChI=1S/C19H38N2/c1-17(2)20-15-19(9-7-5-6-8-10-19)16-21-13-11-18(3,4)12-14-21/h17,20H,5-16H2,1-4H3. The molecule has 0 unspecified atom stereocenters. The van der Waals surface area contributed by atoms with Crippen LogP contribution in [0.3, 0.4) is 0 Å². The van der Waals surface area contributed by atoms with Gasteiger partial charge in [0.1, 0.15) is 0 Å². The van der Waals surface area contributed by atoms with Crippen LogP contribution in [0.25, 0.3) is 0 Å². The first-order valence-electron chi connectivity index (χ1n) is 9.37. The molecule has 0 aromatic heterocycles. The summed E-state index contributed by atoms with van der Waals surface area (Å²) in [5.41, 5.74) is 1.12. The van der Waals surface area contributed by atoms with Gasteiger partial charge in [0.25, 0.3) is 0 Å². The fourth-order valence-electron chi connectivity index (χ4n) is 4.08. The molecule has 124 valence electrons. The normalized spacial score (nSPS) is 26.7. The van der Waals surface area contributed by atoms with Gasteiger partial charge in [0.2, 0.25) is 0 Å². The summed E-state index contributed by atoms with van der Waals surface area (Å²) in [5.74, 6) is 0. The van der Waals surface area contributed by atoms with E-state index in [2.05, 4.69) is 37.9 Å². The van der Waals surface area contributed by atoms with Gasteiger partial charge in [-0.3, -0.25) is 0 Å². The van der Waals surface area contributed by atoms with Crippen LogP contribution >= 0.6 is 0 Å². The van der Waals surface area contributed by atoms with Crippen LogP contribution in [0.4, 0.5) is 0 Å². The molecular weight excluding hydrogens is 256 g/mol. The largest absolute Gasteiger partial charge is 0.314 e. The van der Waals surface area contributed by atoms with Gasteiger partial charge in [-0.25, -0.2) is 0 Å². The van der Waals surface area contributed by atoms with Gasteiger partial charge in [0.05, 0.1) is 0 Å². The van der Waals surface area contributed by atoms with E-state index in [-0.39, 0.29) is 0 Å². The van der Waals surface area contributed by atoms with E-state index in [0.29, 0.717) is 16.9 Å². The Morgan fingerprint density at radius 2 is 1.48 bits per heavy atom. The summed E-state index contributed by atoms with van der Waals surface area (Å²) in [6.07, 6.45) is 11.4. The van der Waals surface area contributed by atoms with Crippen LogP contribution < -0.4 is 5.32 Å². The van der Waals surface area contributed by atoms with Crippen molar-refractivity contribution in [2.45, 2.75) is 85.1 Å². The third-order valence-electron chi connectivity index (χ3n) is 5.82. The minimum absolute atomic E-state index is 0.544. The second-order valence-electron chi connectivity index (χ2n) is 8.89. The molecule has 1 saturated heterocycles. The lowest BCUT2D eigenvalue weighted by Gasteiger charge is -2.43. The lowest BCUT2D eigenvalue weighted by molar-refractivity contribution is 0.0711. The maximum absolute atomic E-state index is 3.76. The summed E-state index contributed by atoms with van der Waals surface area (Å²) in [6.45, 7) is 14.6. The summed E-state index contributed by atoms with van der Waals surface area (Å²) in [7, 11) is 0. The molecule has 21 heavy (non-hydrogen) atoms. The van der Waals surface area contributed by atoms with Gasteiger partial charge in [-0.15, -0.1) is 0 Å². The van der Waals surface area contributed by atoms with Gasteiger partial charge in [0, 0.05) is 19.1 Å². The zero-order chi connectivity index (χ0) is 15.3. The second-order valence-corrected chi connectivity index (χ2v) is 8.89. The molecule has 2 heteroatoms. The number of hydrogen-bond donors (Lipinski definition) is 1. The van der Waals surface area contributed by atoms with Gasteiger partial charge in [-0.2, -0.15) is 0 Å². The van der Waals surface area contributed by atoms with Gasteiger partial charge in [0.15, 0.2) is 0 Å². The van der Waals surface area contributed by atoms with Crippen molar-refractivity contribution in [2.24, 2.45) is 10.8 Å². The SMILES string of the molecule is CC(C)NCC1(CN2CCC(C)(C)CC2)CCCCCC1. The smallest absolute Gasteiger partial charge is 0.00501 e. The zero-order valence-corrected chi connectivity index (χ0v) is 15.0. The van der Waals surface area contributed by atoms with Gasteiger partial charge < -0.3 is 10.2 Å². The number of likely N-dealkylation sites (tertiary alicyclic amines) is 1. The van der Waals surface area contributed by atoms with Crippen LogP contribution in [0, 0.1) is 10.8 Å². The molecule has 2 aliphatic rings. The highest BCUT2D eigenvalue weighted by atomic mass is 15.1. The van der Waals surface area contributed by atoms with Crippen LogP contribution in [-0.4, -0.2) is 37.1 Å². The maximum Gasteiger partial charge on any atom is 0.00501 e. The molecule has 1 aliphatic heterocycles. The van der Waals surface area contributed by atoms with Crippen LogP contribution in [0.15, 0.2) is 0 Å². The first-order valence-corrected chi connectivity index (χ1v) is 9.37. The lowest BCUT2D eigenvalue weighted by atomic mass is 9.77. The average Bonchev–Trinajstić information content (AvgIpc) is 2.65. The highest BCUT2D eigenvalue weighted by Gasteiger charge is 2.35. The predicted octanol–water partition coefficient (Wildman–Crippen LogP) is 4.45.